The summed E-state index contributed by atoms with van der Waals surface area (Å²) >= 11 is 0. The predicted octanol–water partition coefficient (Wildman–Crippen LogP) is 1.50. The Morgan fingerprint density at radius 1 is 1.31 bits per heavy atom. The second-order valence-corrected chi connectivity index (χ2v) is 4.22. The molecule has 3 heteroatoms. The molecule has 0 aromatic heterocycles. The zero-order chi connectivity index (χ0) is 11.4. The number of hydrogen-bond acceptors (Lipinski definition) is 2. The van der Waals surface area contributed by atoms with E-state index in [2.05, 4.69) is 11.0 Å². The summed E-state index contributed by atoms with van der Waals surface area (Å²) in [5.41, 5.74) is 6.38. The molecule has 3 nitrogen and oxygen atoms in total. The zero-order valence-corrected chi connectivity index (χ0v) is 9.36. The summed E-state index contributed by atoms with van der Waals surface area (Å²) in [5, 5.41) is 0. The topological polar surface area (TPSA) is 46.3 Å². The van der Waals surface area contributed by atoms with Crippen molar-refractivity contribution >= 4 is 5.91 Å². The van der Waals surface area contributed by atoms with Crippen molar-refractivity contribution in [2.75, 3.05) is 13.1 Å². The summed E-state index contributed by atoms with van der Waals surface area (Å²) in [6.45, 7) is 1.91. The molecule has 0 saturated carbocycles. The number of benzene rings is 1. The first-order valence-electron chi connectivity index (χ1n) is 5.79. The number of nitrogens with zero attached hydrogens (tertiary/aromatic N) is 1. The number of rotatable bonds is 3. The summed E-state index contributed by atoms with van der Waals surface area (Å²) in [6, 6.07) is 10.4. The molecule has 1 saturated heterocycles. The number of nitrogens with two attached hydrogens (primary N) is 1. The summed E-state index contributed by atoms with van der Waals surface area (Å²) in [7, 11) is 0. The molecule has 1 aliphatic heterocycles. The minimum Gasteiger partial charge on any atom is -0.368 e. The van der Waals surface area contributed by atoms with Crippen LogP contribution in [0.2, 0.25) is 0 Å². The van der Waals surface area contributed by atoms with E-state index in [1.807, 2.05) is 24.3 Å². The lowest BCUT2D eigenvalue weighted by molar-refractivity contribution is -0.123. The summed E-state index contributed by atoms with van der Waals surface area (Å²) in [6.07, 6.45) is 3.55. The van der Waals surface area contributed by atoms with Crippen molar-refractivity contribution in [3.8, 4) is 0 Å². The third kappa shape index (κ3) is 2.42. The van der Waals surface area contributed by atoms with Gasteiger partial charge in [-0.1, -0.05) is 30.7 Å². The van der Waals surface area contributed by atoms with Gasteiger partial charge in [0.15, 0.2) is 0 Å². The van der Waals surface area contributed by atoms with Gasteiger partial charge in [-0.05, 0) is 37.6 Å². The number of carbonyl (C=O) groups excluding carboxylic acids is 1. The normalized spacial score (nSPS) is 19.2. The lowest BCUT2D eigenvalue weighted by atomic mass is 10.0. The maximum absolute atomic E-state index is 11.6. The Morgan fingerprint density at radius 3 is 2.62 bits per heavy atom. The van der Waals surface area contributed by atoms with Gasteiger partial charge in [0.1, 0.15) is 6.04 Å². The standard InChI is InChI=1S/C13H17N2O/c14-13(16)12(11-7-3-1-4-8-11)15-9-5-2-6-10-15/h1,3-4,7,12H,2,5-6,9-10H2,(H2,14,16). The zero-order valence-electron chi connectivity index (χ0n) is 9.36. The van der Waals surface area contributed by atoms with Gasteiger partial charge in [-0.25, -0.2) is 0 Å². The van der Waals surface area contributed by atoms with Gasteiger partial charge < -0.3 is 5.73 Å². The minimum atomic E-state index is -0.304. The molecule has 1 radical (unpaired) electrons. The van der Waals surface area contributed by atoms with E-state index < -0.39 is 0 Å². The molecule has 2 N–H and O–H groups in total. The van der Waals surface area contributed by atoms with Crippen LogP contribution < -0.4 is 5.73 Å². The van der Waals surface area contributed by atoms with Crippen LogP contribution in [0.15, 0.2) is 24.3 Å². The Hall–Kier alpha value is -1.35. The van der Waals surface area contributed by atoms with Gasteiger partial charge in [-0.15, -0.1) is 0 Å². The van der Waals surface area contributed by atoms with E-state index >= 15 is 0 Å². The van der Waals surface area contributed by atoms with Gasteiger partial charge in [0.2, 0.25) is 5.91 Å². The fourth-order valence-electron chi connectivity index (χ4n) is 2.28. The smallest absolute Gasteiger partial charge is 0.239 e. The molecule has 1 aromatic carbocycles. The van der Waals surface area contributed by atoms with E-state index in [1.54, 1.807) is 0 Å². The quantitative estimate of drug-likeness (QED) is 0.834. The van der Waals surface area contributed by atoms with E-state index in [0.29, 0.717) is 0 Å². The lowest BCUT2D eigenvalue weighted by Gasteiger charge is -2.32. The van der Waals surface area contributed by atoms with Crippen LogP contribution in [0, 0.1) is 6.07 Å². The lowest BCUT2D eigenvalue weighted by Crippen LogP contribution is -2.40. The fraction of sp³-hybridized carbons (Fsp3) is 0.462. The van der Waals surface area contributed by atoms with E-state index in [9.17, 15) is 4.79 Å². The molecule has 1 heterocycles. The van der Waals surface area contributed by atoms with Crippen LogP contribution in [0.4, 0.5) is 0 Å². The molecular formula is C13H17N2O. The third-order valence-corrected chi connectivity index (χ3v) is 3.05. The molecule has 1 aromatic rings. The highest BCUT2D eigenvalue weighted by Gasteiger charge is 2.26. The third-order valence-electron chi connectivity index (χ3n) is 3.05. The molecule has 1 fully saturated rings. The number of primary amides is 1. The number of piperidine rings is 1. The van der Waals surface area contributed by atoms with Gasteiger partial charge >= 0.3 is 0 Å². The van der Waals surface area contributed by atoms with Crippen LogP contribution in [0.1, 0.15) is 30.9 Å². The molecule has 1 atom stereocenters. The van der Waals surface area contributed by atoms with Crippen LogP contribution in [-0.2, 0) is 4.79 Å². The summed E-state index contributed by atoms with van der Waals surface area (Å²) in [5.74, 6) is -0.274. The highest BCUT2D eigenvalue weighted by molar-refractivity contribution is 5.81. The van der Waals surface area contributed by atoms with Crippen LogP contribution in [0.5, 0.6) is 0 Å². The van der Waals surface area contributed by atoms with E-state index in [4.69, 9.17) is 5.73 Å². The molecular weight excluding hydrogens is 200 g/mol. The predicted molar refractivity (Wildman–Crippen MR) is 62.6 cm³/mol. The molecule has 1 amide bonds. The van der Waals surface area contributed by atoms with Crippen LogP contribution in [0.25, 0.3) is 0 Å². The number of hydrogen-bond donors (Lipinski definition) is 1. The van der Waals surface area contributed by atoms with Gasteiger partial charge in [0.05, 0.1) is 0 Å². The SMILES string of the molecule is NC(=O)C(c1[c]cccc1)N1CCCCC1. The average Bonchev–Trinajstić information content (AvgIpc) is 2.31. The highest BCUT2D eigenvalue weighted by atomic mass is 16.1. The van der Waals surface area contributed by atoms with Crippen LogP contribution in [0.3, 0.4) is 0 Å². The Morgan fingerprint density at radius 2 is 2.06 bits per heavy atom. The monoisotopic (exact) mass is 217 g/mol. The van der Waals surface area contributed by atoms with E-state index in [0.717, 1.165) is 31.5 Å². The van der Waals surface area contributed by atoms with Crippen molar-refractivity contribution in [1.82, 2.24) is 4.90 Å². The first-order chi connectivity index (χ1) is 7.79. The molecule has 85 valence electrons. The summed E-state index contributed by atoms with van der Waals surface area (Å²) < 4.78 is 0. The van der Waals surface area contributed by atoms with Gasteiger partial charge in [0, 0.05) is 0 Å². The molecule has 0 bridgehead atoms. The molecule has 16 heavy (non-hydrogen) atoms. The number of likely N-dealkylation sites (tertiary alicyclic amines) is 1. The van der Waals surface area contributed by atoms with E-state index in [-0.39, 0.29) is 11.9 Å². The largest absolute Gasteiger partial charge is 0.368 e. The van der Waals surface area contributed by atoms with Gasteiger partial charge in [-0.3, -0.25) is 9.69 Å². The van der Waals surface area contributed by atoms with Gasteiger partial charge in [-0.2, -0.15) is 0 Å². The maximum atomic E-state index is 11.6. The van der Waals surface area contributed by atoms with Crippen molar-refractivity contribution in [2.45, 2.75) is 25.3 Å². The fourth-order valence-corrected chi connectivity index (χ4v) is 2.28. The van der Waals surface area contributed by atoms with Crippen molar-refractivity contribution in [3.05, 3.63) is 35.9 Å². The van der Waals surface area contributed by atoms with Crippen molar-refractivity contribution < 1.29 is 4.79 Å². The number of amides is 1. The highest BCUT2D eigenvalue weighted by Crippen LogP contribution is 2.23. The Bertz CT molecular complexity index is 344. The molecule has 0 spiro atoms. The first-order valence-corrected chi connectivity index (χ1v) is 5.79. The van der Waals surface area contributed by atoms with E-state index in [1.165, 1.54) is 6.42 Å². The first kappa shape index (κ1) is 11.1. The van der Waals surface area contributed by atoms with Crippen LogP contribution >= 0.6 is 0 Å². The average molecular weight is 217 g/mol. The second kappa shape index (κ2) is 5.12. The minimum absolute atomic E-state index is 0.274. The molecule has 0 aliphatic carbocycles. The molecule has 1 unspecified atom stereocenters. The molecule has 2 rings (SSSR count). The second-order valence-electron chi connectivity index (χ2n) is 4.22. The summed E-state index contributed by atoms with van der Waals surface area (Å²) in [4.78, 5) is 13.7. The Kier molecular flexibility index (Phi) is 3.57. The van der Waals surface area contributed by atoms with Crippen molar-refractivity contribution in [3.63, 3.8) is 0 Å². The maximum Gasteiger partial charge on any atom is 0.239 e. The van der Waals surface area contributed by atoms with Crippen molar-refractivity contribution in [2.24, 2.45) is 5.73 Å². The van der Waals surface area contributed by atoms with Crippen LogP contribution in [-0.4, -0.2) is 23.9 Å². The Labute approximate surface area is 96.2 Å². The number of carbonyl (C=O) groups is 1. The molecule has 1 aliphatic rings. The Balaban J connectivity index is 2.20. The van der Waals surface area contributed by atoms with Gasteiger partial charge in [0.25, 0.3) is 0 Å². The van der Waals surface area contributed by atoms with Crippen molar-refractivity contribution in [1.29, 1.82) is 0 Å².